The van der Waals surface area contributed by atoms with Gasteiger partial charge in [-0.2, -0.15) is 0 Å². The number of amides is 4. The van der Waals surface area contributed by atoms with E-state index in [1.165, 1.54) is 30.6 Å². The summed E-state index contributed by atoms with van der Waals surface area (Å²) in [5.41, 5.74) is 0.197. The minimum absolute atomic E-state index is 0.128. The number of imide groups is 1. The van der Waals surface area contributed by atoms with E-state index in [9.17, 15) is 14.4 Å². The van der Waals surface area contributed by atoms with Gasteiger partial charge in [0.15, 0.2) is 0 Å². The molecule has 0 aromatic heterocycles. The third kappa shape index (κ3) is 3.77. The van der Waals surface area contributed by atoms with Crippen LogP contribution in [0.25, 0.3) is 0 Å². The molecule has 6 nitrogen and oxygen atoms in total. The second-order valence-corrected chi connectivity index (χ2v) is 8.82. The highest BCUT2D eigenvalue weighted by Gasteiger charge is 2.57. The van der Waals surface area contributed by atoms with Crippen LogP contribution in [-0.4, -0.2) is 58.2 Å². The van der Waals surface area contributed by atoms with Crippen LogP contribution in [0.1, 0.15) is 56.9 Å². The smallest absolute Gasteiger partial charge is 0.327 e. The van der Waals surface area contributed by atoms with Crippen molar-refractivity contribution < 1.29 is 14.4 Å². The molecular weight excluding hydrogens is 366 g/mol. The predicted molar refractivity (Wildman–Crippen MR) is 110 cm³/mol. The van der Waals surface area contributed by atoms with Gasteiger partial charge in [-0.15, -0.1) is 0 Å². The van der Waals surface area contributed by atoms with Crippen LogP contribution in [0.2, 0.25) is 0 Å². The maximum atomic E-state index is 13.0. The summed E-state index contributed by atoms with van der Waals surface area (Å²) in [5.74, 6) is 0.780. The number of carbonyl (C=O) groups excluding carboxylic acids is 3. The minimum atomic E-state index is -0.816. The third-order valence-corrected chi connectivity index (χ3v) is 7.11. The minimum Gasteiger partial charge on any atom is -0.342 e. The molecule has 4 amide bonds. The lowest BCUT2D eigenvalue weighted by molar-refractivity contribution is -0.140. The first kappa shape index (κ1) is 19.9. The van der Waals surface area contributed by atoms with Crippen molar-refractivity contribution in [3.63, 3.8) is 0 Å². The van der Waals surface area contributed by atoms with Crippen molar-refractivity contribution in [2.75, 3.05) is 20.1 Å². The maximum absolute atomic E-state index is 13.0. The predicted octanol–water partition coefficient (Wildman–Crippen LogP) is 3.41. The molecule has 0 bridgehead atoms. The van der Waals surface area contributed by atoms with Gasteiger partial charge in [0.05, 0.1) is 0 Å². The van der Waals surface area contributed by atoms with Crippen LogP contribution in [0.15, 0.2) is 30.3 Å². The molecule has 1 aromatic rings. The molecule has 1 aromatic carbocycles. The average Bonchev–Trinajstić information content (AvgIpc) is 3.33. The number of hydrogen-bond acceptors (Lipinski definition) is 3. The molecule has 2 heterocycles. The zero-order valence-corrected chi connectivity index (χ0v) is 17.3. The summed E-state index contributed by atoms with van der Waals surface area (Å²) >= 11 is 0. The Balaban J connectivity index is 1.42. The van der Waals surface area contributed by atoms with E-state index in [0.29, 0.717) is 44.8 Å². The Labute approximate surface area is 172 Å². The lowest BCUT2D eigenvalue weighted by Crippen LogP contribution is -2.57. The van der Waals surface area contributed by atoms with Crippen LogP contribution in [-0.2, 0) is 16.1 Å². The molecule has 3 aliphatic rings. The third-order valence-electron chi connectivity index (χ3n) is 7.11. The van der Waals surface area contributed by atoms with E-state index in [1.54, 1.807) is 11.9 Å². The molecule has 156 valence electrons. The van der Waals surface area contributed by atoms with Crippen molar-refractivity contribution in [3.05, 3.63) is 35.9 Å². The summed E-state index contributed by atoms with van der Waals surface area (Å²) in [6.45, 7) is 1.51. The first-order valence-electron chi connectivity index (χ1n) is 10.9. The summed E-state index contributed by atoms with van der Waals surface area (Å²) in [6, 6.07) is 9.55. The Kier molecular flexibility index (Phi) is 5.61. The van der Waals surface area contributed by atoms with Crippen molar-refractivity contribution in [2.45, 2.75) is 63.5 Å². The number of nitrogens with zero attached hydrogens (tertiary/aromatic N) is 3. The number of likely N-dealkylation sites (N-methyl/N-ethyl adjacent to an activating group) is 1. The van der Waals surface area contributed by atoms with E-state index in [4.69, 9.17) is 0 Å². The Morgan fingerprint density at radius 3 is 2.38 bits per heavy atom. The molecule has 29 heavy (non-hydrogen) atoms. The van der Waals surface area contributed by atoms with Crippen molar-refractivity contribution in [1.82, 2.24) is 14.7 Å². The van der Waals surface area contributed by atoms with E-state index in [1.807, 2.05) is 35.2 Å². The highest BCUT2D eigenvalue weighted by Crippen LogP contribution is 2.38. The topological polar surface area (TPSA) is 60.9 Å². The lowest BCUT2D eigenvalue weighted by Gasteiger charge is -2.42. The number of rotatable bonds is 5. The Morgan fingerprint density at radius 1 is 1.07 bits per heavy atom. The molecule has 2 aliphatic heterocycles. The standard InChI is InChI=1S/C23H31N3O3/c1-24-21(28)23(26(22(24)29)17-19-9-3-2-4-10-19)13-15-25(16-14-23)20(27)12-11-18-7-5-6-8-18/h2-4,9-10,18H,5-8,11-17H2,1H3. The molecule has 4 rings (SSSR count). The summed E-state index contributed by atoms with van der Waals surface area (Å²) in [4.78, 5) is 43.4. The number of hydrogen-bond donors (Lipinski definition) is 0. The van der Waals surface area contributed by atoms with Crippen LogP contribution in [0.4, 0.5) is 4.79 Å². The van der Waals surface area contributed by atoms with Crippen molar-refractivity contribution >= 4 is 17.8 Å². The zero-order chi connectivity index (χ0) is 20.4. The highest BCUT2D eigenvalue weighted by molar-refractivity contribution is 6.06. The molecule has 1 saturated carbocycles. The normalized spacial score (nSPS) is 22.2. The van der Waals surface area contributed by atoms with Gasteiger partial charge in [-0.3, -0.25) is 14.5 Å². The molecule has 6 heteroatoms. The van der Waals surface area contributed by atoms with E-state index >= 15 is 0 Å². The number of carbonyl (C=O) groups is 3. The van der Waals surface area contributed by atoms with Crippen LogP contribution in [0.3, 0.4) is 0 Å². The average molecular weight is 398 g/mol. The number of piperidine rings is 1. The summed E-state index contributed by atoms with van der Waals surface area (Å²) in [5, 5.41) is 0. The summed E-state index contributed by atoms with van der Waals surface area (Å²) < 4.78 is 0. The van der Waals surface area contributed by atoms with E-state index in [-0.39, 0.29) is 17.8 Å². The second kappa shape index (κ2) is 8.17. The zero-order valence-electron chi connectivity index (χ0n) is 17.3. The van der Waals surface area contributed by atoms with Gasteiger partial charge in [0, 0.05) is 33.1 Å². The number of likely N-dealkylation sites (tertiary alicyclic amines) is 1. The van der Waals surface area contributed by atoms with Gasteiger partial charge in [-0.05, 0) is 30.7 Å². The molecular formula is C23H31N3O3. The fraction of sp³-hybridized carbons (Fsp3) is 0.609. The molecule has 1 aliphatic carbocycles. The quantitative estimate of drug-likeness (QED) is 0.716. The van der Waals surface area contributed by atoms with Gasteiger partial charge < -0.3 is 9.80 Å². The Bertz CT molecular complexity index is 765. The molecule has 0 unspecified atom stereocenters. The molecule has 1 spiro atoms. The number of benzene rings is 1. The fourth-order valence-corrected chi connectivity index (χ4v) is 5.26. The van der Waals surface area contributed by atoms with E-state index < -0.39 is 5.54 Å². The van der Waals surface area contributed by atoms with Gasteiger partial charge in [0.2, 0.25) is 5.91 Å². The van der Waals surface area contributed by atoms with E-state index in [2.05, 4.69) is 0 Å². The number of urea groups is 1. The molecule has 0 N–H and O–H groups in total. The van der Waals surface area contributed by atoms with Crippen LogP contribution < -0.4 is 0 Å². The van der Waals surface area contributed by atoms with Gasteiger partial charge in [0.25, 0.3) is 5.91 Å². The van der Waals surface area contributed by atoms with Gasteiger partial charge in [-0.1, -0.05) is 56.0 Å². The fourth-order valence-electron chi connectivity index (χ4n) is 5.26. The monoisotopic (exact) mass is 397 g/mol. The SMILES string of the molecule is CN1C(=O)N(Cc2ccccc2)C2(CCN(C(=O)CCC3CCCC3)CC2)C1=O. The van der Waals surface area contributed by atoms with Crippen LogP contribution >= 0.6 is 0 Å². The van der Waals surface area contributed by atoms with Gasteiger partial charge in [0.1, 0.15) is 5.54 Å². The highest BCUT2D eigenvalue weighted by atomic mass is 16.2. The lowest BCUT2D eigenvalue weighted by atomic mass is 9.85. The largest absolute Gasteiger partial charge is 0.342 e. The Morgan fingerprint density at radius 2 is 1.72 bits per heavy atom. The van der Waals surface area contributed by atoms with Crippen molar-refractivity contribution in [2.24, 2.45) is 5.92 Å². The van der Waals surface area contributed by atoms with Crippen molar-refractivity contribution in [1.29, 1.82) is 0 Å². The van der Waals surface area contributed by atoms with Crippen molar-refractivity contribution in [3.8, 4) is 0 Å². The van der Waals surface area contributed by atoms with Crippen LogP contribution in [0.5, 0.6) is 0 Å². The molecule has 0 atom stereocenters. The van der Waals surface area contributed by atoms with E-state index in [0.717, 1.165) is 12.0 Å². The van der Waals surface area contributed by atoms with Gasteiger partial charge in [-0.25, -0.2) is 4.79 Å². The van der Waals surface area contributed by atoms with Gasteiger partial charge >= 0.3 is 6.03 Å². The summed E-state index contributed by atoms with van der Waals surface area (Å²) in [7, 11) is 1.57. The molecule has 3 fully saturated rings. The second-order valence-electron chi connectivity index (χ2n) is 8.82. The van der Waals surface area contributed by atoms with Crippen LogP contribution in [0, 0.1) is 5.92 Å². The first-order valence-corrected chi connectivity index (χ1v) is 10.9. The summed E-state index contributed by atoms with van der Waals surface area (Å²) in [6.07, 6.45) is 7.74. The molecule has 2 saturated heterocycles. The molecule has 0 radical (unpaired) electrons. The Hall–Kier alpha value is -2.37. The first-order chi connectivity index (χ1) is 14.0. The maximum Gasteiger partial charge on any atom is 0.327 e.